The SMILES string of the molecule is CCN(C(=O)C(CN=S(=O)=O)c1ccc(C)cc1)C(=S)NC. The van der Waals surface area contributed by atoms with Crippen LogP contribution in [-0.4, -0.2) is 44.5 Å². The van der Waals surface area contributed by atoms with E-state index < -0.39 is 16.4 Å². The molecule has 1 amide bonds. The number of carbonyl (C=O) groups excluding carboxylic acids is 1. The van der Waals surface area contributed by atoms with E-state index in [4.69, 9.17) is 12.2 Å². The second-order valence-corrected chi connectivity index (χ2v) is 5.71. The highest BCUT2D eigenvalue weighted by Gasteiger charge is 2.27. The van der Waals surface area contributed by atoms with E-state index >= 15 is 0 Å². The fraction of sp³-hybridized carbons (Fsp3) is 0.429. The van der Waals surface area contributed by atoms with Crippen molar-refractivity contribution in [3.63, 3.8) is 0 Å². The number of benzene rings is 1. The van der Waals surface area contributed by atoms with Gasteiger partial charge in [-0.15, -0.1) is 0 Å². The molecule has 1 rings (SSSR count). The summed E-state index contributed by atoms with van der Waals surface area (Å²) in [5, 5.41) is 3.06. The van der Waals surface area contributed by atoms with Gasteiger partial charge < -0.3 is 5.32 Å². The average Bonchev–Trinajstić information content (AvgIpc) is 2.49. The Labute approximate surface area is 137 Å². The van der Waals surface area contributed by atoms with Crippen molar-refractivity contribution in [3.05, 3.63) is 35.4 Å². The van der Waals surface area contributed by atoms with Crippen LogP contribution >= 0.6 is 12.2 Å². The van der Waals surface area contributed by atoms with Crippen LogP contribution in [0.1, 0.15) is 24.0 Å². The molecule has 0 bridgehead atoms. The summed E-state index contributed by atoms with van der Waals surface area (Å²) in [4.78, 5) is 14.1. The molecule has 120 valence electrons. The predicted octanol–water partition coefficient (Wildman–Crippen LogP) is 1.49. The van der Waals surface area contributed by atoms with Crippen molar-refractivity contribution >= 4 is 33.7 Å². The number of likely N-dealkylation sites (N-methyl/N-ethyl adjacent to an activating group) is 1. The summed E-state index contributed by atoms with van der Waals surface area (Å²) < 4.78 is 24.9. The maximum Gasteiger partial charge on any atom is 0.311 e. The lowest BCUT2D eigenvalue weighted by atomic mass is 9.97. The fourth-order valence-corrected chi connectivity index (χ4v) is 2.47. The Morgan fingerprint density at radius 3 is 2.41 bits per heavy atom. The summed E-state index contributed by atoms with van der Waals surface area (Å²) in [6.45, 7) is 3.99. The molecule has 1 aromatic carbocycles. The van der Waals surface area contributed by atoms with E-state index in [-0.39, 0.29) is 12.5 Å². The molecule has 0 aliphatic carbocycles. The average molecular weight is 341 g/mol. The molecule has 6 nitrogen and oxygen atoms in total. The van der Waals surface area contributed by atoms with E-state index in [1.807, 2.05) is 19.1 Å². The second kappa shape index (κ2) is 8.60. The van der Waals surface area contributed by atoms with E-state index in [0.29, 0.717) is 17.2 Å². The quantitative estimate of drug-likeness (QED) is 0.821. The van der Waals surface area contributed by atoms with Gasteiger partial charge in [0.1, 0.15) is 0 Å². The molecule has 0 saturated heterocycles. The molecular weight excluding hydrogens is 322 g/mol. The molecule has 22 heavy (non-hydrogen) atoms. The topological polar surface area (TPSA) is 78.8 Å². The van der Waals surface area contributed by atoms with Crippen molar-refractivity contribution in [2.75, 3.05) is 20.1 Å². The highest BCUT2D eigenvalue weighted by atomic mass is 32.2. The number of hydrogen-bond acceptors (Lipinski definition) is 5. The van der Waals surface area contributed by atoms with Crippen molar-refractivity contribution in [3.8, 4) is 0 Å². The number of nitrogens with zero attached hydrogens (tertiary/aromatic N) is 2. The van der Waals surface area contributed by atoms with Gasteiger partial charge in [-0.05, 0) is 31.6 Å². The molecule has 1 atom stereocenters. The summed E-state index contributed by atoms with van der Waals surface area (Å²) in [5.41, 5.74) is 1.76. The minimum Gasteiger partial charge on any atom is -0.365 e. The first-order valence-corrected chi connectivity index (χ1v) is 8.21. The first kappa shape index (κ1) is 18.2. The van der Waals surface area contributed by atoms with Crippen molar-refractivity contribution in [1.29, 1.82) is 0 Å². The van der Waals surface area contributed by atoms with Gasteiger partial charge in [-0.25, -0.2) is 0 Å². The van der Waals surface area contributed by atoms with Crippen LogP contribution in [-0.2, 0) is 15.3 Å². The van der Waals surface area contributed by atoms with Crippen molar-refractivity contribution in [1.82, 2.24) is 10.2 Å². The van der Waals surface area contributed by atoms with Crippen LogP contribution in [0.15, 0.2) is 28.6 Å². The van der Waals surface area contributed by atoms with Crippen molar-refractivity contribution < 1.29 is 13.2 Å². The molecule has 0 aromatic heterocycles. The molecule has 8 heteroatoms. The maximum atomic E-state index is 12.7. The van der Waals surface area contributed by atoms with Crippen LogP contribution in [0.25, 0.3) is 0 Å². The Balaban J connectivity index is 3.18. The second-order valence-electron chi connectivity index (χ2n) is 4.63. The van der Waals surface area contributed by atoms with Crippen LogP contribution in [0.3, 0.4) is 0 Å². The van der Waals surface area contributed by atoms with Gasteiger partial charge >= 0.3 is 10.5 Å². The van der Waals surface area contributed by atoms with Crippen LogP contribution < -0.4 is 5.32 Å². The monoisotopic (exact) mass is 341 g/mol. The highest BCUT2D eigenvalue weighted by molar-refractivity contribution is 7.80. The van der Waals surface area contributed by atoms with E-state index in [0.717, 1.165) is 5.56 Å². The van der Waals surface area contributed by atoms with E-state index in [2.05, 4.69) is 9.68 Å². The molecule has 0 heterocycles. The number of amides is 1. The molecule has 0 radical (unpaired) electrons. The van der Waals surface area contributed by atoms with Crippen LogP contribution in [0.4, 0.5) is 0 Å². The van der Waals surface area contributed by atoms with Gasteiger partial charge in [-0.2, -0.15) is 12.8 Å². The van der Waals surface area contributed by atoms with Crippen LogP contribution in [0.5, 0.6) is 0 Å². The van der Waals surface area contributed by atoms with Gasteiger partial charge in [0.05, 0.1) is 12.5 Å². The lowest BCUT2D eigenvalue weighted by Gasteiger charge is -2.25. The Hall–Kier alpha value is -1.80. The summed E-state index contributed by atoms with van der Waals surface area (Å²) in [6.07, 6.45) is 0. The Bertz CT molecular complexity index is 661. The van der Waals surface area contributed by atoms with E-state index in [1.54, 1.807) is 26.1 Å². The largest absolute Gasteiger partial charge is 0.365 e. The number of thiocarbonyl (C=S) groups is 1. The standard InChI is InChI=1S/C14H19N3O3S2/c1-4-17(14(21)15-3)13(18)12(9-16-22(19)20)11-7-5-10(2)6-8-11/h5-8,12H,4,9H2,1-3H3,(H,15,21). The van der Waals surface area contributed by atoms with Gasteiger partial charge in [0.2, 0.25) is 5.91 Å². The third-order valence-electron chi connectivity index (χ3n) is 3.18. The highest BCUT2D eigenvalue weighted by Crippen LogP contribution is 2.20. The summed E-state index contributed by atoms with van der Waals surface area (Å²) in [5.74, 6) is -0.968. The number of hydrogen-bond donors (Lipinski definition) is 1. The van der Waals surface area contributed by atoms with Gasteiger partial charge in [-0.1, -0.05) is 29.8 Å². The lowest BCUT2D eigenvalue weighted by molar-refractivity contribution is -0.128. The Kier molecular flexibility index (Phi) is 7.13. The maximum absolute atomic E-state index is 12.7. The molecule has 0 aliphatic heterocycles. The summed E-state index contributed by atoms with van der Waals surface area (Å²) in [6, 6.07) is 7.35. The summed E-state index contributed by atoms with van der Waals surface area (Å²) >= 11 is 5.12. The van der Waals surface area contributed by atoms with Gasteiger partial charge in [0.15, 0.2) is 5.11 Å². The molecular formula is C14H19N3O3S2. The number of rotatable bonds is 5. The van der Waals surface area contributed by atoms with Crippen LogP contribution in [0, 0.1) is 6.92 Å². The minimum absolute atomic E-state index is 0.138. The smallest absolute Gasteiger partial charge is 0.311 e. The zero-order chi connectivity index (χ0) is 16.7. The molecule has 0 aliphatic rings. The minimum atomic E-state index is -2.55. The molecule has 1 aromatic rings. The van der Waals surface area contributed by atoms with Crippen molar-refractivity contribution in [2.24, 2.45) is 4.36 Å². The number of aryl methyl sites for hydroxylation is 1. The molecule has 0 spiro atoms. The van der Waals surface area contributed by atoms with Gasteiger partial charge in [0, 0.05) is 13.6 Å². The number of nitrogens with one attached hydrogen (secondary N) is 1. The normalized spacial score (nSPS) is 11.4. The van der Waals surface area contributed by atoms with Crippen molar-refractivity contribution in [2.45, 2.75) is 19.8 Å². The first-order valence-electron chi connectivity index (χ1n) is 6.77. The van der Waals surface area contributed by atoms with Gasteiger partial charge in [-0.3, -0.25) is 9.69 Å². The Morgan fingerprint density at radius 2 is 1.95 bits per heavy atom. The third kappa shape index (κ3) is 4.88. The third-order valence-corrected chi connectivity index (χ3v) is 3.97. The molecule has 0 saturated carbocycles. The Morgan fingerprint density at radius 1 is 1.36 bits per heavy atom. The number of carbonyl (C=O) groups is 1. The zero-order valence-corrected chi connectivity index (χ0v) is 14.4. The molecule has 0 fully saturated rings. The molecule has 1 N–H and O–H groups in total. The summed E-state index contributed by atoms with van der Waals surface area (Å²) in [7, 11) is -0.918. The van der Waals surface area contributed by atoms with Gasteiger partial charge in [0.25, 0.3) is 0 Å². The van der Waals surface area contributed by atoms with E-state index in [1.165, 1.54) is 4.90 Å². The zero-order valence-electron chi connectivity index (χ0n) is 12.7. The fourth-order valence-electron chi connectivity index (χ4n) is 1.98. The molecule has 1 unspecified atom stereocenters. The lowest BCUT2D eigenvalue weighted by Crippen LogP contribution is -2.44. The van der Waals surface area contributed by atoms with E-state index in [9.17, 15) is 13.2 Å². The van der Waals surface area contributed by atoms with Crippen LogP contribution in [0.2, 0.25) is 0 Å². The predicted molar refractivity (Wildman–Crippen MR) is 89.2 cm³/mol. The first-order chi connectivity index (χ1) is 10.4.